The second kappa shape index (κ2) is 18.0. The van der Waals surface area contributed by atoms with Gasteiger partial charge in [-0.2, -0.15) is 22.3 Å². The second-order valence-corrected chi connectivity index (χ2v) is 4.77. The van der Waals surface area contributed by atoms with Gasteiger partial charge in [0.05, 0.1) is 0 Å². The quantitative estimate of drug-likeness (QED) is 0.332. The van der Waals surface area contributed by atoms with E-state index in [-0.39, 0.29) is 39.7 Å². The van der Waals surface area contributed by atoms with Gasteiger partial charge in [-0.15, -0.1) is 51.5 Å². The molecule has 22 heavy (non-hydrogen) atoms. The summed E-state index contributed by atoms with van der Waals surface area (Å²) in [6.07, 6.45) is 8.63. The summed E-state index contributed by atoms with van der Waals surface area (Å²) >= 11 is 1.58. The molecule has 0 aliphatic heterocycles. The Morgan fingerprint density at radius 2 is 0.909 bits per heavy atom. The van der Waals surface area contributed by atoms with E-state index in [0.29, 0.717) is 0 Å². The Balaban J connectivity index is -0.0000000676. The minimum absolute atomic E-state index is 0. The molecular formula is C18H32Cl2SiZr-4. The third-order valence-electron chi connectivity index (χ3n) is 3.64. The molecule has 0 saturated heterocycles. The molecule has 0 atom stereocenters. The Kier molecular flexibility index (Phi) is 27.9. The molecule has 0 unspecified atom stereocenters. The van der Waals surface area contributed by atoms with Crippen molar-refractivity contribution in [2.45, 2.75) is 54.4 Å². The Morgan fingerprint density at radius 3 is 0.955 bits per heavy atom. The van der Waals surface area contributed by atoms with Crippen LogP contribution in [0.25, 0.3) is 0 Å². The van der Waals surface area contributed by atoms with Crippen LogP contribution in [-0.4, -0.2) is 6.88 Å². The van der Waals surface area contributed by atoms with E-state index in [0.717, 1.165) is 12.8 Å². The normalized spacial score (nSPS) is 14.4. The maximum atomic E-state index is 3.26. The predicted octanol–water partition coefficient (Wildman–Crippen LogP) is 5.78. The SMILES string of the molecule is CC1=[C-]CC(C)=C1C.CC1=[C-]CC(C)=C1C.Cl.Cl.[CH3-].[CH3-].[SiH2]=[Zr]. The summed E-state index contributed by atoms with van der Waals surface area (Å²) in [5, 5.41) is 0. The molecule has 130 valence electrons. The predicted molar refractivity (Wildman–Crippen MR) is 107 cm³/mol. The Bertz CT molecular complexity index is 381. The van der Waals surface area contributed by atoms with E-state index in [1.807, 2.05) is 6.88 Å². The van der Waals surface area contributed by atoms with Gasteiger partial charge in [0.15, 0.2) is 0 Å². The fraction of sp³-hybridized carbons (Fsp3) is 0.444. The molecule has 0 saturated carbocycles. The molecule has 0 aromatic heterocycles. The summed E-state index contributed by atoms with van der Waals surface area (Å²) in [6.45, 7) is 14.8. The van der Waals surface area contributed by atoms with Gasteiger partial charge < -0.3 is 14.9 Å². The van der Waals surface area contributed by atoms with Crippen molar-refractivity contribution in [3.63, 3.8) is 0 Å². The molecule has 0 spiro atoms. The topological polar surface area (TPSA) is 0 Å². The van der Waals surface area contributed by atoms with Crippen LogP contribution in [0, 0.1) is 27.0 Å². The molecule has 0 fully saturated rings. The second-order valence-electron chi connectivity index (χ2n) is 4.77. The van der Waals surface area contributed by atoms with Crippen LogP contribution < -0.4 is 0 Å². The fourth-order valence-electron chi connectivity index (χ4n) is 1.70. The molecule has 4 heteroatoms. The van der Waals surface area contributed by atoms with E-state index in [1.54, 1.807) is 23.3 Å². The molecule has 2 aliphatic rings. The summed E-state index contributed by atoms with van der Waals surface area (Å²) < 4.78 is 0. The first-order valence-corrected chi connectivity index (χ1v) is 12.2. The van der Waals surface area contributed by atoms with E-state index >= 15 is 0 Å². The van der Waals surface area contributed by atoms with Crippen molar-refractivity contribution in [3.05, 3.63) is 60.4 Å². The number of rotatable bonds is 0. The van der Waals surface area contributed by atoms with Crippen LogP contribution in [0.5, 0.6) is 0 Å². The molecule has 0 aromatic rings. The molecule has 0 amide bonds. The number of halogens is 2. The molecule has 0 heterocycles. The molecule has 2 rings (SSSR count). The van der Waals surface area contributed by atoms with Crippen LogP contribution >= 0.6 is 24.8 Å². The Labute approximate surface area is 169 Å². The van der Waals surface area contributed by atoms with Crippen LogP contribution in [0.15, 0.2) is 33.4 Å². The van der Waals surface area contributed by atoms with Gasteiger partial charge in [0.1, 0.15) is 0 Å². The maximum absolute atomic E-state index is 3.26. The Morgan fingerprint density at radius 1 is 0.682 bits per heavy atom. The van der Waals surface area contributed by atoms with Crippen molar-refractivity contribution in [3.8, 4) is 0 Å². The first-order chi connectivity index (χ1) is 8.43. The average Bonchev–Trinajstić information content (AvgIpc) is 2.83. The van der Waals surface area contributed by atoms with Gasteiger partial charge in [0.25, 0.3) is 0 Å². The monoisotopic (exact) mass is 436 g/mol. The van der Waals surface area contributed by atoms with E-state index in [2.05, 4.69) is 53.7 Å². The van der Waals surface area contributed by atoms with Crippen LogP contribution in [0.4, 0.5) is 0 Å². The van der Waals surface area contributed by atoms with E-state index in [4.69, 9.17) is 0 Å². The fourth-order valence-corrected chi connectivity index (χ4v) is 1.70. The van der Waals surface area contributed by atoms with Crippen LogP contribution in [0.2, 0.25) is 0 Å². The van der Waals surface area contributed by atoms with Crippen molar-refractivity contribution in [2.75, 3.05) is 0 Å². The summed E-state index contributed by atoms with van der Waals surface area (Å²) in [6, 6.07) is 0. The van der Waals surface area contributed by atoms with Gasteiger partial charge in [-0.1, -0.05) is 27.7 Å². The van der Waals surface area contributed by atoms with Gasteiger partial charge >= 0.3 is 30.2 Å². The molecule has 2 aliphatic carbocycles. The standard InChI is InChI=1S/2C8H11.2CH3.2ClH.H2Si.Zr/c2*1-6-4-5-7(2)8(6)3;;;;;;/h2*4H2,1-3H3;2*1H3;2*1H;1H2;/q4*-1;;;;. The summed E-state index contributed by atoms with van der Waals surface area (Å²) in [5.41, 5.74) is 8.49. The van der Waals surface area contributed by atoms with Crippen molar-refractivity contribution in [1.29, 1.82) is 0 Å². The number of hydrogen-bond acceptors (Lipinski definition) is 0. The van der Waals surface area contributed by atoms with Crippen molar-refractivity contribution in [1.82, 2.24) is 0 Å². The molecule has 0 aromatic carbocycles. The summed E-state index contributed by atoms with van der Waals surface area (Å²) in [5.74, 6) is 0. The summed E-state index contributed by atoms with van der Waals surface area (Å²) in [4.78, 5) is 0. The van der Waals surface area contributed by atoms with Crippen molar-refractivity contribution >= 4 is 31.7 Å². The summed E-state index contributed by atoms with van der Waals surface area (Å²) in [7, 11) is 0. The molecule has 0 bridgehead atoms. The zero-order valence-corrected chi connectivity index (χ0v) is 20.9. The average molecular weight is 439 g/mol. The molecule has 0 radical (unpaired) electrons. The first-order valence-electron chi connectivity index (χ1n) is 6.27. The molecule has 0 nitrogen and oxygen atoms in total. The molecular weight excluding hydrogens is 406 g/mol. The van der Waals surface area contributed by atoms with Crippen molar-refractivity contribution < 1.29 is 23.3 Å². The van der Waals surface area contributed by atoms with Gasteiger partial charge in [0, 0.05) is 0 Å². The number of allylic oxidation sites excluding steroid dienone is 8. The van der Waals surface area contributed by atoms with Gasteiger partial charge in [-0.3, -0.25) is 12.2 Å². The minimum atomic E-state index is 0. The van der Waals surface area contributed by atoms with Gasteiger partial charge in [0.2, 0.25) is 0 Å². The van der Waals surface area contributed by atoms with Crippen molar-refractivity contribution in [2.24, 2.45) is 0 Å². The zero-order valence-electron chi connectivity index (χ0n) is 15.4. The van der Waals surface area contributed by atoms with Crippen LogP contribution in [-0.2, 0) is 23.3 Å². The van der Waals surface area contributed by atoms with E-state index in [9.17, 15) is 0 Å². The molecule has 0 N–H and O–H groups in total. The number of hydrogen-bond donors (Lipinski definition) is 0. The van der Waals surface area contributed by atoms with Gasteiger partial charge in [-0.05, 0) is 0 Å². The van der Waals surface area contributed by atoms with Crippen LogP contribution in [0.1, 0.15) is 54.4 Å². The zero-order chi connectivity index (χ0) is 14.3. The third kappa shape index (κ3) is 11.2. The Hall–Kier alpha value is 0.640. The van der Waals surface area contributed by atoms with Gasteiger partial charge in [-0.25, -0.2) is 11.1 Å². The third-order valence-corrected chi connectivity index (χ3v) is 3.64. The van der Waals surface area contributed by atoms with E-state index < -0.39 is 0 Å². The van der Waals surface area contributed by atoms with Crippen LogP contribution in [0.3, 0.4) is 0 Å². The van der Waals surface area contributed by atoms with E-state index in [1.165, 1.54) is 33.4 Å². The first kappa shape index (κ1) is 34.1.